The van der Waals surface area contributed by atoms with E-state index in [1.807, 2.05) is 6.07 Å². The molecule has 0 atom stereocenters. The maximum atomic E-state index is 12.8. The van der Waals surface area contributed by atoms with Gasteiger partial charge in [0, 0.05) is 65.0 Å². The van der Waals surface area contributed by atoms with E-state index in [4.69, 9.17) is 4.11 Å². The Kier molecular flexibility index (Phi) is 3.29. The molecular weight excluding hydrogens is 386 g/mol. The monoisotopic (exact) mass is 414 g/mol. The van der Waals surface area contributed by atoms with Crippen LogP contribution < -0.4 is 10.5 Å². The van der Waals surface area contributed by atoms with Crippen LogP contribution in [0.25, 0.3) is 22.0 Å². The summed E-state index contributed by atoms with van der Waals surface area (Å²) in [5.74, 6) is 0. The predicted molar refractivity (Wildman–Crippen MR) is 115 cm³/mol. The van der Waals surface area contributed by atoms with Gasteiger partial charge in [-0.05, 0) is 55.4 Å². The highest BCUT2D eigenvalue weighted by Gasteiger charge is 2.45. The summed E-state index contributed by atoms with van der Waals surface area (Å²) in [5, 5.41) is 0.570. The van der Waals surface area contributed by atoms with E-state index in [1.165, 1.54) is 25.5 Å². The van der Waals surface area contributed by atoms with Crippen LogP contribution in [0.1, 0.15) is 29.8 Å². The standard InChI is InChI=1S/C22H25N3O3S/c1-24-13-18(16-6-10-23-20(16)21(24)26)17-12-15(29(2,27)28)4-5-19(17)25-11-3-7-22(14-25)8-9-22/h4-6,10,12-13,23H,3,7-9,11,14H2,1-2H3/i1D3. The van der Waals surface area contributed by atoms with Crippen molar-refractivity contribution in [3.63, 3.8) is 0 Å². The van der Waals surface area contributed by atoms with Crippen molar-refractivity contribution in [1.29, 1.82) is 0 Å². The van der Waals surface area contributed by atoms with Crippen molar-refractivity contribution in [2.24, 2.45) is 12.4 Å². The number of sulfone groups is 1. The summed E-state index contributed by atoms with van der Waals surface area (Å²) in [5.41, 5.74) is 1.89. The number of anilines is 1. The molecule has 6 nitrogen and oxygen atoms in total. The van der Waals surface area contributed by atoms with E-state index in [1.54, 1.807) is 24.4 Å². The number of aromatic nitrogens is 2. The van der Waals surface area contributed by atoms with Crippen LogP contribution in [0, 0.1) is 5.41 Å². The van der Waals surface area contributed by atoms with Crippen LogP contribution >= 0.6 is 0 Å². The lowest BCUT2D eigenvalue weighted by Gasteiger charge is -2.36. The molecule has 3 aromatic rings. The van der Waals surface area contributed by atoms with Gasteiger partial charge >= 0.3 is 0 Å². The Morgan fingerprint density at radius 1 is 1.17 bits per heavy atom. The Labute approximate surface area is 174 Å². The smallest absolute Gasteiger partial charge is 0.274 e. The average molecular weight is 415 g/mol. The lowest BCUT2D eigenvalue weighted by Crippen LogP contribution is -2.36. The Hall–Kier alpha value is -2.54. The number of pyridine rings is 1. The molecule has 29 heavy (non-hydrogen) atoms. The summed E-state index contributed by atoms with van der Waals surface area (Å²) in [6, 6.07) is 6.76. The lowest BCUT2D eigenvalue weighted by molar-refractivity contribution is 0.395. The van der Waals surface area contributed by atoms with Crippen LogP contribution in [0.15, 0.2) is 46.3 Å². The van der Waals surface area contributed by atoms with Crippen LogP contribution in [0.2, 0.25) is 0 Å². The molecule has 5 rings (SSSR count). The van der Waals surface area contributed by atoms with Crippen LogP contribution in [0.3, 0.4) is 0 Å². The van der Waals surface area contributed by atoms with Gasteiger partial charge in [0.2, 0.25) is 0 Å². The normalized spacial score (nSPS) is 20.4. The zero-order valence-corrected chi connectivity index (χ0v) is 17.1. The van der Waals surface area contributed by atoms with Crippen molar-refractivity contribution >= 4 is 26.4 Å². The minimum absolute atomic E-state index is 0.157. The molecule has 152 valence electrons. The third-order valence-electron chi connectivity index (χ3n) is 6.37. The maximum absolute atomic E-state index is 12.8. The van der Waals surface area contributed by atoms with Crippen molar-refractivity contribution in [2.75, 3.05) is 24.2 Å². The molecule has 1 spiro atoms. The van der Waals surface area contributed by atoms with E-state index >= 15 is 0 Å². The fourth-order valence-electron chi connectivity index (χ4n) is 4.60. The number of hydrogen-bond donors (Lipinski definition) is 1. The van der Waals surface area contributed by atoms with E-state index in [2.05, 4.69) is 9.88 Å². The molecule has 1 aromatic carbocycles. The molecule has 7 heteroatoms. The van der Waals surface area contributed by atoms with Crippen LogP contribution in [0.4, 0.5) is 5.69 Å². The molecule has 1 N–H and O–H groups in total. The van der Waals surface area contributed by atoms with Gasteiger partial charge in [-0.15, -0.1) is 0 Å². The summed E-state index contributed by atoms with van der Waals surface area (Å²) in [6.07, 6.45) is 8.75. The molecule has 2 fully saturated rings. The second kappa shape index (κ2) is 6.23. The topological polar surface area (TPSA) is 75.2 Å². The highest BCUT2D eigenvalue weighted by Crippen LogP contribution is 2.53. The SMILES string of the molecule is [2H]C([2H])([2H])n1cc(-c2cc(S(C)(=O)=O)ccc2N2CCCC3(CC3)C2)c2cc[nH]c2c1=O. The maximum Gasteiger partial charge on any atom is 0.274 e. The zero-order chi connectivity index (χ0) is 22.9. The molecule has 2 aromatic heterocycles. The molecule has 1 saturated carbocycles. The second-order valence-corrected chi connectivity index (χ2v) is 10.5. The number of hydrogen-bond acceptors (Lipinski definition) is 4. The number of nitrogens with zero attached hydrogens (tertiary/aromatic N) is 2. The van der Waals surface area contributed by atoms with E-state index in [9.17, 15) is 13.2 Å². The van der Waals surface area contributed by atoms with Crippen LogP contribution in [0.5, 0.6) is 0 Å². The Balaban J connectivity index is 1.78. The number of aryl methyl sites for hydroxylation is 1. The molecule has 1 aliphatic carbocycles. The zero-order valence-electron chi connectivity index (χ0n) is 19.2. The van der Waals surface area contributed by atoms with Gasteiger partial charge < -0.3 is 14.5 Å². The van der Waals surface area contributed by atoms with E-state index in [0.29, 0.717) is 21.9 Å². The quantitative estimate of drug-likeness (QED) is 0.713. The number of benzene rings is 1. The van der Waals surface area contributed by atoms with Crippen molar-refractivity contribution in [3.8, 4) is 11.1 Å². The van der Waals surface area contributed by atoms with Gasteiger partial charge in [-0.25, -0.2) is 8.42 Å². The molecule has 0 unspecified atom stereocenters. The minimum Gasteiger partial charge on any atom is -0.370 e. The molecule has 0 radical (unpaired) electrons. The Morgan fingerprint density at radius 3 is 2.72 bits per heavy atom. The van der Waals surface area contributed by atoms with E-state index < -0.39 is 22.4 Å². The number of rotatable bonds is 3. The summed E-state index contributed by atoms with van der Waals surface area (Å²) in [7, 11) is -3.48. The highest BCUT2D eigenvalue weighted by molar-refractivity contribution is 7.90. The fourth-order valence-corrected chi connectivity index (χ4v) is 5.25. The lowest BCUT2D eigenvalue weighted by atomic mass is 9.93. The largest absolute Gasteiger partial charge is 0.370 e. The summed E-state index contributed by atoms with van der Waals surface area (Å²) in [4.78, 5) is 18.1. The van der Waals surface area contributed by atoms with Gasteiger partial charge in [0.15, 0.2) is 9.84 Å². The summed E-state index contributed by atoms with van der Waals surface area (Å²) < 4.78 is 48.9. The molecule has 0 bridgehead atoms. The minimum atomic E-state index is -3.48. The third kappa shape index (κ3) is 3.08. The first kappa shape index (κ1) is 15.3. The number of piperidine rings is 1. The first-order valence-corrected chi connectivity index (χ1v) is 11.7. The molecule has 1 aliphatic heterocycles. The molecule has 1 saturated heterocycles. The summed E-state index contributed by atoms with van der Waals surface area (Å²) in [6.45, 7) is -0.918. The number of fused-ring (bicyclic) bond motifs is 1. The number of aromatic amines is 1. The van der Waals surface area contributed by atoms with Gasteiger partial charge in [0.05, 0.1) is 4.90 Å². The van der Waals surface area contributed by atoms with Crippen molar-refractivity contribution in [3.05, 3.63) is 47.0 Å². The first-order chi connectivity index (χ1) is 15.0. The van der Waals surface area contributed by atoms with E-state index in [-0.39, 0.29) is 10.4 Å². The Morgan fingerprint density at radius 2 is 2.00 bits per heavy atom. The van der Waals surface area contributed by atoms with Crippen molar-refractivity contribution in [2.45, 2.75) is 30.6 Å². The van der Waals surface area contributed by atoms with Crippen molar-refractivity contribution in [1.82, 2.24) is 9.55 Å². The highest BCUT2D eigenvalue weighted by atomic mass is 32.2. The third-order valence-corrected chi connectivity index (χ3v) is 7.48. The van der Waals surface area contributed by atoms with Crippen LogP contribution in [-0.2, 0) is 16.8 Å². The average Bonchev–Trinajstić information content (AvgIpc) is 3.25. The Bertz CT molecular complexity index is 1380. The van der Waals surface area contributed by atoms with Crippen LogP contribution in [-0.4, -0.2) is 37.3 Å². The molecule has 0 amide bonds. The first-order valence-electron chi connectivity index (χ1n) is 11.3. The van der Waals surface area contributed by atoms with E-state index in [0.717, 1.165) is 36.0 Å². The van der Waals surface area contributed by atoms with Gasteiger partial charge in [0.1, 0.15) is 5.52 Å². The molecule has 2 aliphatic rings. The fraction of sp³-hybridized carbons (Fsp3) is 0.409. The number of H-pyrrole nitrogens is 1. The molecule has 3 heterocycles. The summed E-state index contributed by atoms with van der Waals surface area (Å²) >= 11 is 0. The van der Waals surface area contributed by atoms with Gasteiger partial charge in [0.25, 0.3) is 5.56 Å². The number of nitrogens with one attached hydrogen (secondary N) is 1. The van der Waals surface area contributed by atoms with Gasteiger partial charge in [-0.3, -0.25) is 4.79 Å². The molecular formula is C22H25N3O3S. The van der Waals surface area contributed by atoms with Gasteiger partial charge in [-0.1, -0.05) is 0 Å². The predicted octanol–water partition coefficient (Wildman–Crippen LogP) is 3.32. The van der Waals surface area contributed by atoms with Crippen molar-refractivity contribution < 1.29 is 12.5 Å². The van der Waals surface area contributed by atoms with Gasteiger partial charge in [-0.2, -0.15) is 0 Å². The second-order valence-electron chi connectivity index (χ2n) is 8.46.